The molecule has 4 nitrogen and oxygen atoms in total. The Balaban J connectivity index is 1.81. The van der Waals surface area contributed by atoms with E-state index in [0.29, 0.717) is 17.0 Å². The molecule has 1 saturated carbocycles. The van der Waals surface area contributed by atoms with E-state index in [9.17, 15) is 9.90 Å². The first-order valence-electron chi connectivity index (χ1n) is 6.30. The van der Waals surface area contributed by atoms with Crippen LogP contribution >= 0.6 is 11.8 Å². The van der Waals surface area contributed by atoms with Gasteiger partial charge in [-0.15, -0.1) is 0 Å². The fourth-order valence-electron chi connectivity index (χ4n) is 1.97. The molecule has 0 aromatic rings. The lowest BCUT2D eigenvalue weighted by Gasteiger charge is -2.29. The lowest BCUT2D eigenvalue weighted by atomic mass is 10.1. The summed E-state index contributed by atoms with van der Waals surface area (Å²) in [5.74, 6) is -0.0901. The Hall–Kier alpha value is -0.260. The molecule has 1 saturated heterocycles. The molecular formula is C12H21NO3S. The van der Waals surface area contributed by atoms with Crippen LogP contribution in [0.3, 0.4) is 0 Å². The third kappa shape index (κ3) is 3.86. The lowest BCUT2D eigenvalue weighted by molar-refractivity contribution is -0.143. The number of carboxylic acids is 1. The maximum Gasteiger partial charge on any atom is 0.324 e. The smallest absolute Gasteiger partial charge is 0.324 e. The second-order valence-electron chi connectivity index (χ2n) is 5.18. The summed E-state index contributed by atoms with van der Waals surface area (Å²) in [4.78, 5) is 11.4. The molecule has 5 heteroatoms. The predicted octanol–water partition coefficient (Wildman–Crippen LogP) is 1.49. The quantitative estimate of drug-likeness (QED) is 0.757. The van der Waals surface area contributed by atoms with Crippen LogP contribution in [0.15, 0.2) is 0 Å². The number of nitrogens with one attached hydrogen (secondary N) is 1. The molecule has 1 heterocycles. The summed E-state index contributed by atoms with van der Waals surface area (Å²) in [6.07, 6.45) is 4.32. The van der Waals surface area contributed by atoms with Crippen LogP contribution in [0.4, 0.5) is 0 Å². The van der Waals surface area contributed by atoms with Gasteiger partial charge >= 0.3 is 5.97 Å². The summed E-state index contributed by atoms with van der Waals surface area (Å²) >= 11 is 1.78. The fraction of sp³-hybridized carbons (Fsp3) is 0.917. The van der Waals surface area contributed by atoms with Crippen molar-refractivity contribution in [2.24, 2.45) is 0 Å². The summed E-state index contributed by atoms with van der Waals surface area (Å²) in [5, 5.41) is 13.2. The molecule has 17 heavy (non-hydrogen) atoms. The maximum absolute atomic E-state index is 11.4. The van der Waals surface area contributed by atoms with Crippen molar-refractivity contribution in [1.29, 1.82) is 0 Å². The van der Waals surface area contributed by atoms with E-state index in [0.717, 1.165) is 38.9 Å². The normalized spacial score (nSPS) is 25.5. The van der Waals surface area contributed by atoms with E-state index < -0.39 is 11.5 Å². The van der Waals surface area contributed by atoms with Crippen molar-refractivity contribution in [2.45, 2.75) is 49.4 Å². The zero-order chi connectivity index (χ0) is 12.3. The average molecular weight is 259 g/mol. The third-order valence-corrected chi connectivity index (χ3v) is 5.03. The maximum atomic E-state index is 11.4. The van der Waals surface area contributed by atoms with Gasteiger partial charge in [-0.05, 0) is 32.6 Å². The Morgan fingerprint density at radius 3 is 2.59 bits per heavy atom. The Kier molecular flexibility index (Phi) is 4.33. The van der Waals surface area contributed by atoms with Crippen LogP contribution in [0.5, 0.6) is 0 Å². The van der Waals surface area contributed by atoms with Crippen molar-refractivity contribution in [3.63, 3.8) is 0 Å². The molecule has 2 N–H and O–H groups in total. The van der Waals surface area contributed by atoms with Crippen LogP contribution in [0, 0.1) is 0 Å². The van der Waals surface area contributed by atoms with E-state index in [-0.39, 0.29) is 0 Å². The molecule has 1 atom stereocenters. The van der Waals surface area contributed by atoms with E-state index in [2.05, 4.69) is 5.32 Å². The van der Waals surface area contributed by atoms with Gasteiger partial charge in [0.05, 0.1) is 0 Å². The number of rotatable bonds is 6. The number of carboxylic acid groups (broad SMARTS) is 1. The average Bonchev–Trinajstić information content (AvgIpc) is 3.11. The molecule has 0 spiro atoms. The zero-order valence-electron chi connectivity index (χ0n) is 10.3. The van der Waals surface area contributed by atoms with Gasteiger partial charge in [-0.25, -0.2) is 0 Å². The summed E-state index contributed by atoms with van der Waals surface area (Å²) < 4.78 is 5.31. The van der Waals surface area contributed by atoms with Gasteiger partial charge < -0.3 is 9.84 Å². The van der Waals surface area contributed by atoms with E-state index >= 15 is 0 Å². The first kappa shape index (κ1) is 13.2. The molecule has 1 unspecified atom stereocenters. The van der Waals surface area contributed by atoms with E-state index in [1.165, 1.54) is 0 Å². The molecule has 0 radical (unpaired) electrons. The first-order valence-corrected chi connectivity index (χ1v) is 7.35. The number of hydrogen-bond acceptors (Lipinski definition) is 4. The molecule has 2 aliphatic rings. The Labute approximate surface area is 106 Å². The van der Waals surface area contributed by atoms with Crippen molar-refractivity contribution in [2.75, 3.05) is 19.0 Å². The SMILES string of the molecule is CC(CSC1CCOCC1)(NC1CC1)C(=O)O. The van der Waals surface area contributed by atoms with Gasteiger partial charge in [0.15, 0.2) is 0 Å². The number of aliphatic carboxylic acids is 1. The fourth-order valence-corrected chi connectivity index (χ4v) is 3.27. The minimum absolute atomic E-state index is 0.423. The molecule has 2 fully saturated rings. The molecule has 1 aliphatic carbocycles. The molecule has 98 valence electrons. The van der Waals surface area contributed by atoms with Gasteiger partial charge in [-0.1, -0.05) is 0 Å². The van der Waals surface area contributed by atoms with Crippen LogP contribution in [0.2, 0.25) is 0 Å². The van der Waals surface area contributed by atoms with E-state index in [1.807, 2.05) is 0 Å². The Morgan fingerprint density at radius 1 is 1.41 bits per heavy atom. The van der Waals surface area contributed by atoms with Crippen LogP contribution in [-0.2, 0) is 9.53 Å². The molecule has 2 rings (SSSR count). The summed E-state index contributed by atoms with van der Waals surface area (Å²) in [6, 6.07) is 0.423. The standard InChI is InChI=1S/C12H21NO3S/c1-12(11(14)15,13-9-2-3-9)8-17-10-4-6-16-7-5-10/h9-10,13H,2-8H2,1H3,(H,14,15). The second-order valence-corrected chi connectivity index (χ2v) is 6.47. The number of thioether (sulfide) groups is 1. The highest BCUT2D eigenvalue weighted by molar-refractivity contribution is 8.00. The van der Waals surface area contributed by atoms with Crippen molar-refractivity contribution in [3.8, 4) is 0 Å². The molecular weight excluding hydrogens is 238 g/mol. The van der Waals surface area contributed by atoms with Crippen molar-refractivity contribution in [1.82, 2.24) is 5.32 Å². The van der Waals surface area contributed by atoms with E-state index in [4.69, 9.17) is 4.74 Å². The van der Waals surface area contributed by atoms with E-state index in [1.54, 1.807) is 18.7 Å². The van der Waals surface area contributed by atoms with Gasteiger partial charge in [0, 0.05) is 30.3 Å². The summed E-state index contributed by atoms with van der Waals surface area (Å²) in [7, 11) is 0. The topological polar surface area (TPSA) is 58.6 Å². The highest BCUT2D eigenvalue weighted by atomic mass is 32.2. The van der Waals surface area contributed by atoms with Gasteiger partial charge in [0.25, 0.3) is 0 Å². The summed E-state index contributed by atoms with van der Waals surface area (Å²) in [5.41, 5.74) is -0.774. The zero-order valence-corrected chi connectivity index (χ0v) is 11.1. The Morgan fingerprint density at radius 2 is 2.06 bits per heavy atom. The van der Waals surface area contributed by atoms with Gasteiger partial charge in [-0.3, -0.25) is 10.1 Å². The number of carbonyl (C=O) groups is 1. The van der Waals surface area contributed by atoms with Crippen LogP contribution in [-0.4, -0.2) is 46.9 Å². The molecule has 0 aromatic heterocycles. The molecule has 0 bridgehead atoms. The first-order chi connectivity index (χ1) is 8.10. The Bertz CT molecular complexity index is 277. The molecule has 0 aromatic carbocycles. The van der Waals surface area contributed by atoms with Crippen molar-refractivity contribution >= 4 is 17.7 Å². The highest BCUT2D eigenvalue weighted by Gasteiger charge is 2.39. The predicted molar refractivity (Wildman–Crippen MR) is 68.5 cm³/mol. The van der Waals surface area contributed by atoms with Crippen molar-refractivity contribution < 1.29 is 14.6 Å². The van der Waals surface area contributed by atoms with Gasteiger partial charge in [-0.2, -0.15) is 11.8 Å². The largest absolute Gasteiger partial charge is 0.480 e. The van der Waals surface area contributed by atoms with Crippen LogP contribution in [0.1, 0.15) is 32.6 Å². The molecule has 0 amide bonds. The van der Waals surface area contributed by atoms with Crippen molar-refractivity contribution in [3.05, 3.63) is 0 Å². The van der Waals surface area contributed by atoms with Crippen LogP contribution in [0.25, 0.3) is 0 Å². The minimum atomic E-state index is -0.774. The highest BCUT2D eigenvalue weighted by Crippen LogP contribution is 2.28. The monoisotopic (exact) mass is 259 g/mol. The van der Waals surface area contributed by atoms with Gasteiger partial charge in [0.1, 0.15) is 5.54 Å². The summed E-state index contributed by atoms with van der Waals surface area (Å²) in [6.45, 7) is 3.44. The third-order valence-electron chi connectivity index (χ3n) is 3.35. The second kappa shape index (κ2) is 5.59. The minimum Gasteiger partial charge on any atom is -0.480 e. The van der Waals surface area contributed by atoms with Crippen LogP contribution < -0.4 is 5.32 Å². The number of hydrogen-bond donors (Lipinski definition) is 2. The van der Waals surface area contributed by atoms with Gasteiger partial charge in [0.2, 0.25) is 0 Å². The lowest BCUT2D eigenvalue weighted by Crippen LogP contribution is -2.53. The number of ether oxygens (including phenoxy) is 1. The molecule has 1 aliphatic heterocycles.